The van der Waals surface area contributed by atoms with E-state index in [0.717, 1.165) is 0 Å². The minimum absolute atomic E-state index is 0.206. The smallest absolute Gasteiger partial charge is 0.351 e. The van der Waals surface area contributed by atoms with Gasteiger partial charge < -0.3 is 19.2 Å². The largest absolute Gasteiger partial charge is 0.493 e. The second-order valence-corrected chi connectivity index (χ2v) is 5.61. The number of esters is 1. The summed E-state index contributed by atoms with van der Waals surface area (Å²) in [5.41, 5.74) is -0.477. The van der Waals surface area contributed by atoms with Crippen molar-refractivity contribution < 1.29 is 23.5 Å². The van der Waals surface area contributed by atoms with Crippen molar-refractivity contribution in [2.24, 2.45) is 0 Å². The number of hydrogen-bond donors (Lipinski definition) is 1. The first kappa shape index (κ1) is 18.7. The Labute approximate surface area is 158 Å². The van der Waals surface area contributed by atoms with E-state index in [0.29, 0.717) is 16.8 Å². The van der Waals surface area contributed by atoms with E-state index in [9.17, 15) is 14.4 Å². The van der Waals surface area contributed by atoms with Gasteiger partial charge in [-0.2, -0.15) is 5.26 Å². The van der Waals surface area contributed by atoms with Crippen LogP contribution in [0.1, 0.15) is 15.9 Å². The molecule has 0 saturated carbocycles. The monoisotopic (exact) mass is 378 g/mol. The van der Waals surface area contributed by atoms with Gasteiger partial charge in [0.15, 0.2) is 17.9 Å². The molecule has 3 rings (SSSR count). The van der Waals surface area contributed by atoms with Crippen molar-refractivity contribution in [2.45, 2.75) is 0 Å². The number of rotatable bonds is 5. The SMILES string of the molecule is COc1cccc2cc(C(=O)OCC(=O)Nc3ccccc3C#N)c(=O)oc12. The third-order valence-electron chi connectivity index (χ3n) is 3.82. The predicted molar refractivity (Wildman–Crippen MR) is 99.1 cm³/mol. The molecule has 0 atom stereocenters. The van der Waals surface area contributed by atoms with E-state index in [1.54, 1.807) is 36.4 Å². The number of fused-ring (bicyclic) bond motifs is 1. The number of para-hydroxylation sites is 2. The van der Waals surface area contributed by atoms with Crippen molar-refractivity contribution in [3.63, 3.8) is 0 Å². The van der Waals surface area contributed by atoms with Gasteiger partial charge in [-0.1, -0.05) is 24.3 Å². The van der Waals surface area contributed by atoms with E-state index < -0.39 is 24.1 Å². The molecule has 140 valence electrons. The third kappa shape index (κ3) is 3.83. The van der Waals surface area contributed by atoms with Crippen LogP contribution in [0.3, 0.4) is 0 Å². The van der Waals surface area contributed by atoms with Crippen molar-refractivity contribution >= 4 is 28.5 Å². The number of carbonyl (C=O) groups excluding carboxylic acids is 2. The first-order chi connectivity index (χ1) is 13.5. The second-order valence-electron chi connectivity index (χ2n) is 5.61. The summed E-state index contributed by atoms with van der Waals surface area (Å²) in [7, 11) is 1.43. The van der Waals surface area contributed by atoms with Crippen LogP contribution in [0.25, 0.3) is 11.0 Å². The maximum Gasteiger partial charge on any atom is 0.351 e. The molecule has 0 aliphatic carbocycles. The molecule has 8 heteroatoms. The first-order valence-corrected chi connectivity index (χ1v) is 8.10. The molecule has 0 saturated heterocycles. The van der Waals surface area contributed by atoms with Gasteiger partial charge in [-0.15, -0.1) is 0 Å². The van der Waals surface area contributed by atoms with Gasteiger partial charge in [-0.25, -0.2) is 9.59 Å². The van der Waals surface area contributed by atoms with Crippen LogP contribution in [0.5, 0.6) is 5.75 Å². The summed E-state index contributed by atoms with van der Waals surface area (Å²) in [6.45, 7) is -0.631. The molecule has 3 aromatic rings. The second kappa shape index (κ2) is 8.05. The number of nitrogens with one attached hydrogen (secondary N) is 1. The molecule has 1 amide bonds. The van der Waals surface area contributed by atoms with Gasteiger partial charge in [0.2, 0.25) is 0 Å². The number of anilines is 1. The molecule has 0 radical (unpaired) electrons. The minimum atomic E-state index is -0.998. The molecule has 0 unspecified atom stereocenters. The normalized spacial score (nSPS) is 10.1. The van der Waals surface area contributed by atoms with Crippen LogP contribution in [0.15, 0.2) is 57.7 Å². The molecule has 2 aromatic carbocycles. The Morgan fingerprint density at radius 3 is 2.71 bits per heavy atom. The van der Waals surface area contributed by atoms with E-state index in [2.05, 4.69) is 5.32 Å². The van der Waals surface area contributed by atoms with Gasteiger partial charge in [-0.05, 0) is 24.3 Å². The lowest BCUT2D eigenvalue weighted by atomic mass is 10.2. The molecular formula is C20H14N2O6. The summed E-state index contributed by atoms with van der Waals surface area (Å²) >= 11 is 0. The molecule has 0 bridgehead atoms. The Kier molecular flexibility index (Phi) is 5.37. The average Bonchev–Trinajstić information content (AvgIpc) is 2.71. The highest BCUT2D eigenvalue weighted by atomic mass is 16.5. The van der Waals surface area contributed by atoms with Crippen LogP contribution in [0.2, 0.25) is 0 Å². The number of ether oxygens (including phenoxy) is 2. The fraction of sp³-hybridized carbons (Fsp3) is 0.100. The van der Waals surface area contributed by atoms with E-state index in [4.69, 9.17) is 19.2 Å². The molecule has 28 heavy (non-hydrogen) atoms. The fourth-order valence-corrected chi connectivity index (χ4v) is 2.51. The highest BCUT2D eigenvalue weighted by Gasteiger charge is 2.18. The number of nitriles is 1. The lowest BCUT2D eigenvalue weighted by molar-refractivity contribution is -0.119. The lowest BCUT2D eigenvalue weighted by Crippen LogP contribution is -2.24. The maximum absolute atomic E-state index is 12.2. The Balaban J connectivity index is 1.73. The summed E-state index contributed by atoms with van der Waals surface area (Å²) in [4.78, 5) is 36.3. The minimum Gasteiger partial charge on any atom is -0.493 e. The number of amides is 1. The zero-order chi connectivity index (χ0) is 20.1. The Morgan fingerprint density at radius 1 is 1.18 bits per heavy atom. The summed E-state index contributed by atoms with van der Waals surface area (Å²) in [5.74, 6) is -1.30. The van der Waals surface area contributed by atoms with E-state index in [-0.39, 0.29) is 16.7 Å². The van der Waals surface area contributed by atoms with Crippen molar-refractivity contribution in [3.8, 4) is 11.8 Å². The van der Waals surface area contributed by atoms with Crippen LogP contribution in [-0.2, 0) is 9.53 Å². The number of carbonyl (C=O) groups is 2. The van der Waals surface area contributed by atoms with E-state index in [1.807, 2.05) is 6.07 Å². The zero-order valence-electron chi connectivity index (χ0n) is 14.7. The first-order valence-electron chi connectivity index (χ1n) is 8.10. The molecule has 0 fully saturated rings. The topological polar surface area (TPSA) is 119 Å². The molecular weight excluding hydrogens is 364 g/mol. The van der Waals surface area contributed by atoms with Gasteiger partial charge >= 0.3 is 11.6 Å². The van der Waals surface area contributed by atoms with Crippen molar-refractivity contribution in [1.82, 2.24) is 0 Å². The van der Waals surface area contributed by atoms with Crippen LogP contribution >= 0.6 is 0 Å². The van der Waals surface area contributed by atoms with Gasteiger partial charge in [0.1, 0.15) is 11.6 Å². The summed E-state index contributed by atoms with van der Waals surface area (Å²) in [6, 6.07) is 14.6. The number of benzene rings is 2. The molecule has 8 nitrogen and oxygen atoms in total. The van der Waals surface area contributed by atoms with Gasteiger partial charge in [-0.3, -0.25) is 4.79 Å². The zero-order valence-corrected chi connectivity index (χ0v) is 14.7. The fourth-order valence-electron chi connectivity index (χ4n) is 2.51. The molecule has 0 aliphatic heterocycles. The van der Waals surface area contributed by atoms with Crippen molar-refractivity contribution in [1.29, 1.82) is 5.26 Å². The molecule has 1 heterocycles. The molecule has 1 N–H and O–H groups in total. The summed E-state index contributed by atoms with van der Waals surface area (Å²) < 4.78 is 15.2. The number of nitrogens with zero attached hydrogens (tertiary/aromatic N) is 1. The van der Waals surface area contributed by atoms with Crippen molar-refractivity contribution in [2.75, 3.05) is 19.0 Å². The number of methoxy groups -OCH3 is 1. The Bertz CT molecular complexity index is 1160. The highest BCUT2D eigenvalue weighted by molar-refractivity contribution is 5.97. The average molecular weight is 378 g/mol. The van der Waals surface area contributed by atoms with Crippen LogP contribution in [0, 0.1) is 11.3 Å². The Hall–Kier alpha value is -4.12. The lowest BCUT2D eigenvalue weighted by Gasteiger charge is -2.08. The summed E-state index contributed by atoms with van der Waals surface area (Å²) in [5, 5.41) is 12.0. The van der Waals surface area contributed by atoms with Crippen LogP contribution < -0.4 is 15.7 Å². The predicted octanol–water partition coefficient (Wildman–Crippen LogP) is 2.47. The van der Waals surface area contributed by atoms with Crippen molar-refractivity contribution in [3.05, 3.63) is 70.1 Å². The molecule has 0 aliphatic rings. The van der Waals surface area contributed by atoms with Crippen LogP contribution in [-0.4, -0.2) is 25.6 Å². The quantitative estimate of drug-likeness (QED) is 0.535. The number of hydrogen-bond acceptors (Lipinski definition) is 7. The van der Waals surface area contributed by atoms with Crippen LogP contribution in [0.4, 0.5) is 5.69 Å². The highest BCUT2D eigenvalue weighted by Crippen LogP contribution is 2.24. The molecule has 0 spiro atoms. The molecule has 1 aromatic heterocycles. The van der Waals surface area contributed by atoms with Gasteiger partial charge in [0, 0.05) is 5.39 Å². The van der Waals surface area contributed by atoms with E-state index >= 15 is 0 Å². The van der Waals surface area contributed by atoms with Gasteiger partial charge in [0.25, 0.3) is 5.91 Å². The summed E-state index contributed by atoms with van der Waals surface area (Å²) in [6.07, 6.45) is 0. The standard InChI is InChI=1S/C20H14N2O6/c1-26-16-8-4-6-12-9-14(20(25)28-18(12)16)19(24)27-11-17(23)22-15-7-3-2-5-13(15)10-21/h2-9H,11H2,1H3,(H,22,23). The van der Waals surface area contributed by atoms with Gasteiger partial charge in [0.05, 0.1) is 18.4 Å². The maximum atomic E-state index is 12.2. The van der Waals surface area contributed by atoms with E-state index in [1.165, 1.54) is 19.2 Å². The Morgan fingerprint density at radius 2 is 1.96 bits per heavy atom. The third-order valence-corrected chi connectivity index (χ3v) is 3.82.